The van der Waals surface area contributed by atoms with Crippen LogP contribution in [-0.2, 0) is 21.4 Å². The van der Waals surface area contributed by atoms with Gasteiger partial charge in [-0.3, -0.25) is 4.79 Å². The van der Waals surface area contributed by atoms with Crippen LogP contribution in [-0.4, -0.2) is 12.6 Å². The highest BCUT2D eigenvalue weighted by atomic mass is 32.1. The molecule has 3 heteroatoms. The summed E-state index contributed by atoms with van der Waals surface area (Å²) in [6.07, 6.45) is 17.9. The van der Waals surface area contributed by atoms with E-state index in [1.807, 2.05) is 0 Å². The highest BCUT2D eigenvalue weighted by Crippen LogP contribution is 2.97. The summed E-state index contributed by atoms with van der Waals surface area (Å²) < 4.78 is 5.98. The molecule has 29 unspecified atom stereocenters. The molecule has 0 bridgehead atoms. The number of carbonyl (C=O) groups excluding carboxylic acids is 1. The first-order chi connectivity index (χ1) is 29.2. The third-order valence-corrected chi connectivity index (χ3v) is 26.9. The molecule has 0 aliphatic heterocycles. The second-order valence-electron chi connectivity index (χ2n) is 25.8. The lowest BCUT2D eigenvalue weighted by Crippen LogP contribution is -2.58. The zero-order chi connectivity index (χ0) is 37.3. The maximum Gasteiger partial charge on any atom is 0.305 e. The second-order valence-corrected chi connectivity index (χ2v) is 26.6. The van der Waals surface area contributed by atoms with Gasteiger partial charge in [0.05, 0.1) is 6.61 Å². The SMILES string of the molecule is O=C(CCCC1(c2ccccc2)C2C3CC4CC5CC6CC7=C8C9C(C7)CC7CC%10=CC21C1C%10C2C7C9C7C9C8C6C6C5C4C4C3C1C(C27)C4C96)OCCc1ccsc1. The van der Waals surface area contributed by atoms with E-state index < -0.39 is 0 Å². The molecular weight excluding hydrogens is 737 g/mol. The highest BCUT2D eigenvalue weighted by Gasteiger charge is 2.94. The topological polar surface area (TPSA) is 26.3 Å². The first-order valence-electron chi connectivity index (χ1n) is 25.8. The molecule has 1 aromatic carbocycles. The van der Waals surface area contributed by atoms with Crippen molar-refractivity contribution in [3.63, 3.8) is 0 Å². The second kappa shape index (κ2) is 9.67. The van der Waals surface area contributed by atoms with E-state index >= 15 is 0 Å². The Morgan fingerprint density at radius 1 is 0.661 bits per heavy atom. The van der Waals surface area contributed by atoms with E-state index in [0.717, 1.165) is 173 Å². The summed E-state index contributed by atoms with van der Waals surface area (Å²) in [6, 6.07) is 14.5. The normalized spacial score (nSPS) is 64.2. The van der Waals surface area contributed by atoms with Crippen molar-refractivity contribution in [1.82, 2.24) is 0 Å². The van der Waals surface area contributed by atoms with E-state index in [1.54, 1.807) is 55.4 Å². The summed E-state index contributed by atoms with van der Waals surface area (Å²) in [7, 11) is 0. The molecule has 19 rings (SSSR count). The van der Waals surface area contributed by atoms with Crippen LogP contribution in [0.3, 0.4) is 0 Å². The van der Waals surface area contributed by atoms with Gasteiger partial charge in [-0.25, -0.2) is 0 Å². The minimum absolute atomic E-state index is 0.0504. The van der Waals surface area contributed by atoms with Gasteiger partial charge in [-0.05, 0) is 246 Å². The molecule has 0 N–H and O–H groups in total. The van der Waals surface area contributed by atoms with Crippen molar-refractivity contribution in [1.29, 1.82) is 0 Å². The minimum Gasteiger partial charge on any atom is -0.465 e. The Hall–Kier alpha value is -2.13. The van der Waals surface area contributed by atoms with Crippen LogP contribution in [0.2, 0.25) is 0 Å². The summed E-state index contributed by atoms with van der Waals surface area (Å²) in [4.78, 5) is 13.6. The molecule has 2 nitrogen and oxygen atoms in total. The molecule has 14 saturated carbocycles. The number of allylic oxidation sites excluding steroid dienone is 4. The fourth-order valence-electron chi connectivity index (χ4n) is 27.3. The van der Waals surface area contributed by atoms with E-state index in [1.165, 1.54) is 18.4 Å². The van der Waals surface area contributed by atoms with E-state index in [9.17, 15) is 4.79 Å². The molecule has 14 fully saturated rings. The lowest BCUT2D eigenvalue weighted by molar-refractivity contribution is -0.144. The summed E-state index contributed by atoms with van der Waals surface area (Å²) in [5.41, 5.74) is 9.98. The van der Waals surface area contributed by atoms with Crippen molar-refractivity contribution in [2.75, 3.05) is 6.61 Å². The molecule has 29 atom stereocenters. The molecule has 2 aromatic rings. The number of benzene rings is 1. The Balaban J connectivity index is 0.815. The Bertz CT molecular complexity index is 2390. The quantitative estimate of drug-likeness (QED) is 0.196. The van der Waals surface area contributed by atoms with Crippen molar-refractivity contribution in [2.45, 2.75) is 76.0 Å². The molecule has 17 aliphatic rings. The lowest BCUT2D eigenvalue weighted by Gasteiger charge is -2.62. The number of fused-ring (bicyclic) bond motifs is 1. The molecule has 0 amide bonds. The maximum absolute atomic E-state index is 13.6. The van der Waals surface area contributed by atoms with Crippen molar-refractivity contribution < 1.29 is 9.53 Å². The Morgan fingerprint density at radius 2 is 1.36 bits per heavy atom. The smallest absolute Gasteiger partial charge is 0.305 e. The van der Waals surface area contributed by atoms with Gasteiger partial charge in [-0.2, -0.15) is 11.3 Å². The van der Waals surface area contributed by atoms with Crippen LogP contribution < -0.4 is 0 Å². The van der Waals surface area contributed by atoms with Crippen molar-refractivity contribution in [3.8, 4) is 0 Å². The standard InChI is InChI=1S/C56H60O2S/c57-32(58-11-8-22-9-12-59-21-22)7-4-10-55(30-5-2-1-3-6-30)54-31-19-28-17-25-15-26-14-23-13-24-16-27-18-29-20-56(54,55)53-39(29)44-38(27)43-34(24)33(23)41-37(26)42-35(25)36(28)45-40(31)52(53)51-49(44)47(43)46(41)48(42)50(45)51/h1-3,5-6,9,12,20-21,24-28,31,34-54H,4,7-8,10-11,13-19H2. The number of carbonyl (C=O) groups is 1. The molecular formula is C56H60O2S. The van der Waals surface area contributed by atoms with Crippen LogP contribution in [0.4, 0.5) is 0 Å². The van der Waals surface area contributed by atoms with Crippen molar-refractivity contribution in [2.24, 2.45) is 165 Å². The predicted molar refractivity (Wildman–Crippen MR) is 225 cm³/mol. The zero-order valence-electron chi connectivity index (χ0n) is 34.5. The average Bonchev–Trinajstić information content (AvgIpc) is 4.03. The molecule has 17 aliphatic carbocycles. The summed E-state index contributed by atoms with van der Waals surface area (Å²) in [6.45, 7) is 0.528. The number of hydrogen-bond acceptors (Lipinski definition) is 3. The average molecular weight is 797 g/mol. The van der Waals surface area contributed by atoms with Gasteiger partial charge in [0.2, 0.25) is 0 Å². The van der Waals surface area contributed by atoms with Crippen LogP contribution >= 0.6 is 11.3 Å². The van der Waals surface area contributed by atoms with Gasteiger partial charge < -0.3 is 4.74 Å². The number of ether oxygens (including phenoxy) is 1. The van der Waals surface area contributed by atoms with Crippen LogP contribution in [0.5, 0.6) is 0 Å². The van der Waals surface area contributed by atoms with Crippen molar-refractivity contribution >= 4 is 17.3 Å². The van der Waals surface area contributed by atoms with Gasteiger partial charge >= 0.3 is 5.97 Å². The number of hydrogen-bond donors (Lipinski definition) is 0. The number of thiophene rings is 1. The largest absolute Gasteiger partial charge is 0.465 e. The lowest BCUT2D eigenvalue weighted by atomic mass is 9.43. The first kappa shape index (κ1) is 31.7. The fourth-order valence-corrected chi connectivity index (χ4v) is 28.0. The molecule has 0 radical (unpaired) electrons. The van der Waals surface area contributed by atoms with Gasteiger partial charge in [0.15, 0.2) is 0 Å². The molecule has 1 heterocycles. The molecule has 1 aromatic heterocycles. The summed E-state index contributed by atoms with van der Waals surface area (Å²) >= 11 is 1.74. The number of rotatable bonds is 8. The molecule has 302 valence electrons. The zero-order valence-corrected chi connectivity index (χ0v) is 35.3. The first-order valence-corrected chi connectivity index (χ1v) is 26.8. The molecule has 59 heavy (non-hydrogen) atoms. The van der Waals surface area contributed by atoms with Crippen LogP contribution in [0.25, 0.3) is 0 Å². The molecule has 0 saturated heterocycles. The van der Waals surface area contributed by atoms with Gasteiger partial charge in [0.1, 0.15) is 0 Å². The Kier molecular flexibility index (Phi) is 5.19. The van der Waals surface area contributed by atoms with Gasteiger partial charge in [0.25, 0.3) is 0 Å². The predicted octanol–water partition coefficient (Wildman–Crippen LogP) is 10.8. The fraction of sp³-hybridized carbons (Fsp3) is 0.732. The van der Waals surface area contributed by atoms with Gasteiger partial charge in [0, 0.05) is 23.7 Å². The Morgan fingerprint density at radius 3 is 2.24 bits per heavy atom. The third kappa shape index (κ3) is 2.96. The molecule has 1 spiro atoms. The Labute approximate surface area is 354 Å². The minimum atomic E-state index is 0.0504. The van der Waals surface area contributed by atoms with E-state index in [4.69, 9.17) is 4.74 Å². The van der Waals surface area contributed by atoms with Crippen LogP contribution in [0, 0.1) is 165 Å². The number of esters is 1. The highest BCUT2D eigenvalue weighted by molar-refractivity contribution is 7.07. The summed E-state index contributed by atoms with van der Waals surface area (Å²) in [5, 5.41) is 4.34. The maximum atomic E-state index is 13.6. The summed E-state index contributed by atoms with van der Waals surface area (Å²) in [5.74, 6) is 28.3. The van der Waals surface area contributed by atoms with Crippen LogP contribution in [0.1, 0.15) is 75.3 Å². The van der Waals surface area contributed by atoms with E-state index in [0.29, 0.717) is 18.4 Å². The van der Waals surface area contributed by atoms with Gasteiger partial charge in [-0.1, -0.05) is 53.1 Å². The van der Waals surface area contributed by atoms with E-state index in [2.05, 4.69) is 70.0 Å². The third-order valence-electron chi connectivity index (χ3n) is 26.2. The van der Waals surface area contributed by atoms with Crippen LogP contribution in [0.15, 0.2) is 70.0 Å². The van der Waals surface area contributed by atoms with Gasteiger partial charge in [-0.15, -0.1) is 0 Å². The van der Waals surface area contributed by atoms with Crippen molar-refractivity contribution in [3.05, 3.63) is 81.1 Å². The van der Waals surface area contributed by atoms with E-state index in [-0.39, 0.29) is 11.4 Å². The monoisotopic (exact) mass is 796 g/mol.